The Morgan fingerprint density at radius 1 is 1.02 bits per heavy atom. The number of nitrogens with one attached hydrogen (secondary N) is 2. The van der Waals surface area contributed by atoms with Gasteiger partial charge in [0.05, 0.1) is 22.0 Å². The number of halogens is 2. The summed E-state index contributed by atoms with van der Waals surface area (Å²) in [4.78, 5) is 13.3. The number of nitrogens with zero attached hydrogens (tertiary/aromatic N) is 7. The lowest BCUT2D eigenvalue weighted by molar-refractivity contribution is -0.0363. The largest absolute Gasteiger partial charge is 0.358 e. The molecule has 6 rings (SSSR count). The number of sulfone groups is 1. The van der Waals surface area contributed by atoms with E-state index in [1.54, 1.807) is 42.9 Å². The second-order valence-corrected chi connectivity index (χ2v) is 13.2. The van der Waals surface area contributed by atoms with Gasteiger partial charge >= 0.3 is 0 Å². The molecule has 5 heterocycles. The van der Waals surface area contributed by atoms with E-state index in [1.807, 2.05) is 19.1 Å². The van der Waals surface area contributed by atoms with Gasteiger partial charge in [0.2, 0.25) is 0 Å². The Labute approximate surface area is 264 Å². The second-order valence-electron chi connectivity index (χ2n) is 11.2. The fourth-order valence-corrected chi connectivity index (χ4v) is 6.25. The number of aryl methyl sites for hydroxylation is 3. The summed E-state index contributed by atoms with van der Waals surface area (Å²) in [7, 11) is -1.98. The van der Waals surface area contributed by atoms with E-state index in [-0.39, 0.29) is 38.9 Å². The van der Waals surface area contributed by atoms with Crippen LogP contribution in [0.2, 0.25) is 0 Å². The van der Waals surface area contributed by atoms with Gasteiger partial charge in [0, 0.05) is 37.2 Å². The van der Waals surface area contributed by atoms with E-state index < -0.39 is 28.3 Å². The summed E-state index contributed by atoms with van der Waals surface area (Å²) in [6, 6.07) is 13.7. The van der Waals surface area contributed by atoms with Crippen molar-refractivity contribution in [3.63, 3.8) is 0 Å². The fourth-order valence-electron chi connectivity index (χ4n) is 5.39. The minimum Gasteiger partial charge on any atom is -0.358 e. The Morgan fingerprint density at radius 3 is 2.48 bits per heavy atom. The summed E-state index contributed by atoms with van der Waals surface area (Å²) >= 11 is 0. The molecule has 1 saturated heterocycles. The molecular weight excluding hydrogens is 616 g/mol. The number of fused-ring (bicyclic) bond motifs is 1. The van der Waals surface area contributed by atoms with Crippen LogP contribution in [0, 0.1) is 25.2 Å². The summed E-state index contributed by atoms with van der Waals surface area (Å²) < 4.78 is 63.9. The molecule has 0 saturated carbocycles. The van der Waals surface area contributed by atoms with Crippen LogP contribution in [-0.4, -0.2) is 50.6 Å². The molecule has 1 aromatic carbocycles. The van der Waals surface area contributed by atoms with Crippen molar-refractivity contribution in [2.45, 2.75) is 50.7 Å². The molecule has 238 valence electrons. The van der Waals surface area contributed by atoms with Gasteiger partial charge < -0.3 is 15.4 Å². The average molecular weight is 648 g/mol. The van der Waals surface area contributed by atoms with E-state index in [0.717, 1.165) is 24.8 Å². The number of nitriles is 1. The van der Waals surface area contributed by atoms with Gasteiger partial charge in [-0.15, -0.1) is 0 Å². The van der Waals surface area contributed by atoms with Crippen LogP contribution in [0.3, 0.4) is 0 Å². The van der Waals surface area contributed by atoms with Crippen molar-refractivity contribution >= 4 is 44.0 Å². The van der Waals surface area contributed by atoms with E-state index in [4.69, 9.17) is 4.74 Å². The average Bonchev–Trinajstić information content (AvgIpc) is 3.58. The van der Waals surface area contributed by atoms with Gasteiger partial charge in [-0.2, -0.15) is 10.4 Å². The van der Waals surface area contributed by atoms with Gasteiger partial charge in [0.1, 0.15) is 35.1 Å². The number of pyridine rings is 2. The molecule has 0 aliphatic carbocycles. The number of anilines is 4. The molecule has 1 aliphatic heterocycles. The predicted octanol–water partition coefficient (Wildman–Crippen LogP) is 6.24. The second kappa shape index (κ2) is 12.1. The fraction of sp³-hybridized carbons (Fsp3) is 0.323. The molecule has 15 heteroatoms. The van der Waals surface area contributed by atoms with Crippen LogP contribution in [0.25, 0.3) is 22.4 Å². The molecule has 1 unspecified atom stereocenters. The summed E-state index contributed by atoms with van der Waals surface area (Å²) in [5.41, 5.74) is 3.64. The molecule has 12 nitrogen and oxygen atoms in total. The van der Waals surface area contributed by atoms with Crippen LogP contribution in [-0.2, 0) is 21.6 Å². The number of imidazole rings is 1. The summed E-state index contributed by atoms with van der Waals surface area (Å²) in [6.07, 6.45) is -0.480. The Hall–Kier alpha value is -4.94. The first-order chi connectivity index (χ1) is 21.9. The minimum absolute atomic E-state index is 0.0178. The normalized spacial score (nSPS) is 15.3. The zero-order valence-electron chi connectivity index (χ0n) is 25.5. The molecule has 4 aromatic heterocycles. The highest BCUT2D eigenvalue weighted by atomic mass is 32.2. The highest BCUT2D eigenvalue weighted by molar-refractivity contribution is 7.90. The van der Waals surface area contributed by atoms with Crippen molar-refractivity contribution in [3.8, 4) is 17.3 Å². The van der Waals surface area contributed by atoms with Crippen LogP contribution < -0.4 is 10.6 Å². The third-order valence-electron chi connectivity index (χ3n) is 7.83. The maximum atomic E-state index is 14.5. The van der Waals surface area contributed by atoms with Crippen LogP contribution >= 0.6 is 0 Å². The van der Waals surface area contributed by atoms with Gasteiger partial charge in [-0.25, -0.2) is 32.2 Å². The Balaban J connectivity index is 1.52. The molecule has 2 N–H and O–H groups in total. The third kappa shape index (κ3) is 6.01. The lowest BCUT2D eigenvalue weighted by Crippen LogP contribution is -2.20. The number of alkyl halides is 2. The molecule has 1 aliphatic rings. The van der Waals surface area contributed by atoms with Crippen molar-refractivity contribution in [3.05, 3.63) is 65.2 Å². The van der Waals surface area contributed by atoms with Crippen molar-refractivity contribution in [2.24, 2.45) is 7.05 Å². The first-order valence-corrected chi connectivity index (χ1v) is 16.4. The van der Waals surface area contributed by atoms with Crippen LogP contribution in [0.4, 0.5) is 31.8 Å². The zero-order valence-corrected chi connectivity index (χ0v) is 26.4. The van der Waals surface area contributed by atoms with Crippen LogP contribution in [0.1, 0.15) is 54.7 Å². The molecule has 1 fully saturated rings. The van der Waals surface area contributed by atoms with E-state index in [9.17, 15) is 22.5 Å². The van der Waals surface area contributed by atoms with Gasteiger partial charge in [0.15, 0.2) is 21.3 Å². The Bertz CT molecular complexity index is 2090. The topological polar surface area (TPSA) is 153 Å². The van der Waals surface area contributed by atoms with E-state index in [0.29, 0.717) is 35.7 Å². The first kappa shape index (κ1) is 31.1. The molecule has 1 atom stereocenters. The Kier molecular flexibility index (Phi) is 8.17. The number of benzene rings is 1. The molecule has 46 heavy (non-hydrogen) atoms. The summed E-state index contributed by atoms with van der Waals surface area (Å²) in [5.74, 6) is -0.00520. The standard InChI is InChI=1S/C31H31F2N9O3S/c1-17-8-11-25(36-23(17)16-34)37-26-15-22(28-30(38-26)42(31(39-28)29(32)33)27-7-5-6-12-45-27)35-20-10-9-19(14-24(20)46(4,43)44)21-13-18(2)41(3)40-21/h8-11,13-15,27,29H,5-7,12H2,1-4H3,(H2,35,36,37,38). The van der Waals surface area contributed by atoms with Gasteiger partial charge in [0.25, 0.3) is 6.43 Å². The van der Waals surface area contributed by atoms with Crippen molar-refractivity contribution in [1.29, 1.82) is 5.26 Å². The highest BCUT2D eigenvalue weighted by Gasteiger charge is 2.29. The molecule has 0 bridgehead atoms. The highest BCUT2D eigenvalue weighted by Crippen LogP contribution is 2.38. The van der Waals surface area contributed by atoms with Gasteiger partial charge in [-0.3, -0.25) is 9.25 Å². The molecule has 5 aromatic rings. The molecule has 0 spiro atoms. The maximum Gasteiger partial charge on any atom is 0.295 e. The van der Waals surface area contributed by atoms with E-state index in [1.165, 1.54) is 16.7 Å². The van der Waals surface area contributed by atoms with Crippen LogP contribution in [0.15, 0.2) is 47.4 Å². The zero-order chi connectivity index (χ0) is 32.7. The lowest BCUT2D eigenvalue weighted by atomic mass is 10.1. The Morgan fingerprint density at radius 2 is 1.83 bits per heavy atom. The minimum atomic E-state index is -3.78. The number of ether oxygens (including phenoxy) is 1. The van der Waals surface area contributed by atoms with Crippen LogP contribution in [0.5, 0.6) is 0 Å². The quantitative estimate of drug-likeness (QED) is 0.198. The SMILES string of the molecule is Cc1ccc(Nc2cc(Nc3ccc(-c4cc(C)n(C)n4)cc3S(C)(=O)=O)c3nc(C(F)F)n(C4CCCCO4)c3n2)nc1C#N. The predicted molar refractivity (Wildman–Crippen MR) is 168 cm³/mol. The van der Waals surface area contributed by atoms with Gasteiger partial charge in [-0.1, -0.05) is 12.1 Å². The smallest absolute Gasteiger partial charge is 0.295 e. The molecule has 0 radical (unpaired) electrons. The molecular formula is C31H31F2N9O3S. The lowest BCUT2D eigenvalue weighted by Gasteiger charge is -2.25. The first-order valence-electron chi connectivity index (χ1n) is 14.5. The summed E-state index contributed by atoms with van der Waals surface area (Å²) in [5, 5.41) is 20.1. The van der Waals surface area contributed by atoms with Crippen molar-refractivity contribution < 1.29 is 21.9 Å². The summed E-state index contributed by atoms with van der Waals surface area (Å²) in [6.45, 7) is 4.05. The van der Waals surface area contributed by atoms with E-state index in [2.05, 4.69) is 30.7 Å². The van der Waals surface area contributed by atoms with Crippen molar-refractivity contribution in [2.75, 3.05) is 23.5 Å². The number of rotatable bonds is 8. The number of hydrogen-bond donors (Lipinski definition) is 2. The third-order valence-corrected chi connectivity index (χ3v) is 8.97. The monoisotopic (exact) mass is 647 g/mol. The van der Waals surface area contributed by atoms with Crippen molar-refractivity contribution in [1.82, 2.24) is 29.3 Å². The molecule has 0 amide bonds. The van der Waals surface area contributed by atoms with Gasteiger partial charge in [-0.05, 0) is 62.9 Å². The maximum absolute atomic E-state index is 14.5. The number of aromatic nitrogens is 6. The van der Waals surface area contributed by atoms with E-state index >= 15 is 0 Å². The number of hydrogen-bond acceptors (Lipinski definition) is 10.